The normalized spacial score (nSPS) is 17.8. The van der Waals surface area contributed by atoms with Gasteiger partial charge < -0.3 is 10.0 Å². The van der Waals surface area contributed by atoms with E-state index < -0.39 is 5.97 Å². The van der Waals surface area contributed by atoms with Crippen LogP contribution in [-0.4, -0.2) is 35.6 Å². The van der Waals surface area contributed by atoms with Gasteiger partial charge in [-0.25, -0.2) is 4.79 Å². The molecule has 0 aromatic rings. The van der Waals surface area contributed by atoms with Crippen LogP contribution in [0.4, 0.5) is 0 Å². The summed E-state index contributed by atoms with van der Waals surface area (Å²) in [6, 6.07) is 0. The molecule has 0 radical (unpaired) electrons. The van der Waals surface area contributed by atoms with Gasteiger partial charge in [0.25, 0.3) is 0 Å². The molecular weight excluding hydrogens is 190 g/mol. The quantitative estimate of drug-likeness (QED) is 0.560. The van der Waals surface area contributed by atoms with Crippen molar-refractivity contribution in [1.29, 1.82) is 0 Å². The smallest absolute Gasteiger partial charge is 0.328 e. The second kappa shape index (κ2) is 6.62. The Kier molecular flexibility index (Phi) is 5.40. The zero-order valence-electron chi connectivity index (χ0n) is 9.54. The first-order valence-corrected chi connectivity index (χ1v) is 5.87. The lowest BCUT2D eigenvalue weighted by Crippen LogP contribution is -2.31. The van der Waals surface area contributed by atoms with Gasteiger partial charge in [0.15, 0.2) is 0 Å². The molecule has 1 heterocycles. The number of unbranched alkanes of at least 4 members (excludes halogenated alkanes) is 2. The van der Waals surface area contributed by atoms with E-state index in [0.717, 1.165) is 31.5 Å². The number of rotatable bonds is 5. The van der Waals surface area contributed by atoms with E-state index in [2.05, 4.69) is 11.8 Å². The second-order valence-electron chi connectivity index (χ2n) is 4.19. The van der Waals surface area contributed by atoms with Gasteiger partial charge in [0, 0.05) is 19.2 Å². The maximum Gasteiger partial charge on any atom is 0.328 e. The van der Waals surface area contributed by atoms with Crippen LogP contribution in [0.5, 0.6) is 0 Å². The molecule has 3 nitrogen and oxygen atoms in total. The van der Waals surface area contributed by atoms with Crippen LogP contribution < -0.4 is 0 Å². The van der Waals surface area contributed by atoms with Crippen LogP contribution in [0.3, 0.4) is 0 Å². The lowest BCUT2D eigenvalue weighted by molar-refractivity contribution is -0.131. The highest BCUT2D eigenvalue weighted by molar-refractivity contribution is 5.80. The Labute approximate surface area is 91.8 Å². The summed E-state index contributed by atoms with van der Waals surface area (Å²) in [5, 5.41) is 8.61. The van der Waals surface area contributed by atoms with Crippen molar-refractivity contribution in [3.63, 3.8) is 0 Å². The molecule has 0 atom stereocenters. The molecule has 0 aromatic heterocycles. The summed E-state index contributed by atoms with van der Waals surface area (Å²) < 4.78 is 0. The summed E-state index contributed by atoms with van der Waals surface area (Å²) in [5.41, 5.74) is 1.09. The number of carboxylic acids is 1. The third-order valence-corrected chi connectivity index (χ3v) is 2.90. The molecule has 1 fully saturated rings. The van der Waals surface area contributed by atoms with E-state index in [9.17, 15) is 4.79 Å². The molecule has 1 aliphatic heterocycles. The molecule has 0 aromatic carbocycles. The maximum atomic E-state index is 10.5. The summed E-state index contributed by atoms with van der Waals surface area (Å²) in [6.45, 7) is 5.45. The Morgan fingerprint density at radius 1 is 1.40 bits per heavy atom. The van der Waals surface area contributed by atoms with Gasteiger partial charge >= 0.3 is 5.97 Å². The highest BCUT2D eigenvalue weighted by Crippen LogP contribution is 2.16. The first kappa shape index (κ1) is 12.2. The van der Waals surface area contributed by atoms with Crippen LogP contribution in [0.2, 0.25) is 0 Å². The van der Waals surface area contributed by atoms with Gasteiger partial charge in [0.2, 0.25) is 0 Å². The Bertz CT molecular complexity index is 226. The second-order valence-corrected chi connectivity index (χ2v) is 4.19. The van der Waals surface area contributed by atoms with Crippen LogP contribution in [0.1, 0.15) is 39.0 Å². The minimum absolute atomic E-state index is 0.801. The van der Waals surface area contributed by atoms with Gasteiger partial charge in [-0.2, -0.15) is 0 Å². The fourth-order valence-electron chi connectivity index (χ4n) is 1.97. The summed E-state index contributed by atoms with van der Waals surface area (Å²) >= 11 is 0. The number of carbonyl (C=O) groups is 1. The Balaban J connectivity index is 2.21. The van der Waals surface area contributed by atoms with E-state index in [1.807, 2.05) is 0 Å². The summed E-state index contributed by atoms with van der Waals surface area (Å²) in [6.07, 6.45) is 7.07. The van der Waals surface area contributed by atoms with Crippen molar-refractivity contribution in [2.75, 3.05) is 19.6 Å². The van der Waals surface area contributed by atoms with Gasteiger partial charge in [0.05, 0.1) is 0 Å². The van der Waals surface area contributed by atoms with Crippen molar-refractivity contribution in [2.45, 2.75) is 39.0 Å². The monoisotopic (exact) mass is 211 g/mol. The molecule has 0 saturated carbocycles. The summed E-state index contributed by atoms with van der Waals surface area (Å²) in [5.74, 6) is -0.801. The minimum Gasteiger partial charge on any atom is -0.478 e. The van der Waals surface area contributed by atoms with E-state index in [-0.39, 0.29) is 0 Å². The van der Waals surface area contributed by atoms with E-state index in [1.165, 1.54) is 31.9 Å². The fourth-order valence-corrected chi connectivity index (χ4v) is 1.97. The van der Waals surface area contributed by atoms with Crippen LogP contribution in [0.25, 0.3) is 0 Å². The first-order chi connectivity index (χ1) is 7.22. The number of hydrogen-bond donors (Lipinski definition) is 1. The number of nitrogens with zero attached hydrogens (tertiary/aromatic N) is 1. The number of aliphatic carboxylic acids is 1. The SMILES string of the molecule is CCCCCN1CCC(=CC(=O)O)CC1. The van der Waals surface area contributed by atoms with Crippen molar-refractivity contribution < 1.29 is 9.90 Å². The number of piperidine rings is 1. The highest BCUT2D eigenvalue weighted by atomic mass is 16.4. The van der Waals surface area contributed by atoms with Gasteiger partial charge in [-0.15, -0.1) is 0 Å². The zero-order chi connectivity index (χ0) is 11.1. The minimum atomic E-state index is -0.801. The third kappa shape index (κ3) is 4.98. The van der Waals surface area contributed by atoms with E-state index >= 15 is 0 Å². The lowest BCUT2D eigenvalue weighted by Gasteiger charge is -2.27. The van der Waals surface area contributed by atoms with Gasteiger partial charge in [0.1, 0.15) is 0 Å². The fraction of sp³-hybridized carbons (Fsp3) is 0.750. The van der Waals surface area contributed by atoms with Crippen molar-refractivity contribution >= 4 is 5.97 Å². The number of hydrogen-bond acceptors (Lipinski definition) is 2. The standard InChI is InChI=1S/C12H21NO2/c1-2-3-4-7-13-8-5-11(6-9-13)10-12(14)15/h10H,2-9H2,1H3,(H,14,15). The molecule has 0 amide bonds. The highest BCUT2D eigenvalue weighted by Gasteiger charge is 2.13. The molecule has 1 rings (SSSR count). The van der Waals surface area contributed by atoms with Crippen LogP contribution in [0, 0.1) is 0 Å². The molecule has 0 aliphatic carbocycles. The van der Waals surface area contributed by atoms with Crippen LogP contribution in [-0.2, 0) is 4.79 Å². The summed E-state index contributed by atoms with van der Waals surface area (Å²) in [7, 11) is 0. The number of likely N-dealkylation sites (tertiary alicyclic amines) is 1. The molecule has 0 bridgehead atoms. The molecule has 3 heteroatoms. The summed E-state index contributed by atoms with van der Waals surface area (Å²) in [4.78, 5) is 12.9. The number of carboxylic acid groups (broad SMARTS) is 1. The molecule has 86 valence electrons. The molecule has 1 N–H and O–H groups in total. The van der Waals surface area contributed by atoms with Crippen LogP contribution >= 0.6 is 0 Å². The van der Waals surface area contributed by atoms with Crippen molar-refractivity contribution in [1.82, 2.24) is 4.90 Å². The van der Waals surface area contributed by atoms with Crippen molar-refractivity contribution in [2.24, 2.45) is 0 Å². The zero-order valence-corrected chi connectivity index (χ0v) is 9.54. The topological polar surface area (TPSA) is 40.5 Å². The largest absolute Gasteiger partial charge is 0.478 e. The van der Waals surface area contributed by atoms with E-state index in [1.54, 1.807) is 0 Å². The predicted octanol–water partition coefficient (Wildman–Crippen LogP) is 2.28. The molecule has 0 spiro atoms. The molecule has 1 aliphatic rings. The molecule has 0 unspecified atom stereocenters. The lowest BCUT2D eigenvalue weighted by atomic mass is 10.0. The molecule has 15 heavy (non-hydrogen) atoms. The molecule has 1 saturated heterocycles. The Morgan fingerprint density at radius 2 is 2.07 bits per heavy atom. The van der Waals surface area contributed by atoms with E-state index in [4.69, 9.17) is 5.11 Å². The third-order valence-electron chi connectivity index (χ3n) is 2.90. The first-order valence-electron chi connectivity index (χ1n) is 5.87. The van der Waals surface area contributed by atoms with E-state index in [0.29, 0.717) is 0 Å². The molecular formula is C12H21NO2. The van der Waals surface area contributed by atoms with Gasteiger partial charge in [-0.3, -0.25) is 0 Å². The predicted molar refractivity (Wildman–Crippen MR) is 60.9 cm³/mol. The average Bonchev–Trinajstić information content (AvgIpc) is 2.20. The average molecular weight is 211 g/mol. The van der Waals surface area contributed by atoms with Crippen LogP contribution in [0.15, 0.2) is 11.6 Å². The van der Waals surface area contributed by atoms with Gasteiger partial charge in [-0.05, 0) is 25.8 Å². The van der Waals surface area contributed by atoms with Gasteiger partial charge in [-0.1, -0.05) is 25.3 Å². The van der Waals surface area contributed by atoms with Crippen molar-refractivity contribution in [3.8, 4) is 0 Å². The Morgan fingerprint density at radius 3 is 2.60 bits per heavy atom. The Hall–Kier alpha value is -0.830. The van der Waals surface area contributed by atoms with Crippen molar-refractivity contribution in [3.05, 3.63) is 11.6 Å². The maximum absolute atomic E-state index is 10.5.